The van der Waals surface area contributed by atoms with E-state index in [1.54, 1.807) is 0 Å². The molecule has 2 nitrogen and oxygen atoms in total. The van der Waals surface area contributed by atoms with E-state index in [0.717, 1.165) is 6.07 Å². The Labute approximate surface area is 129 Å². The van der Waals surface area contributed by atoms with Gasteiger partial charge in [0, 0.05) is 0 Å². The van der Waals surface area contributed by atoms with Gasteiger partial charge in [0.2, 0.25) is 0 Å². The molecule has 0 aliphatic rings. The fourth-order valence-corrected chi connectivity index (χ4v) is 1.36. The first-order valence-corrected chi connectivity index (χ1v) is 5.44. The van der Waals surface area contributed by atoms with Crippen molar-refractivity contribution < 1.29 is 44.3 Å². The highest BCUT2D eigenvalue weighted by Crippen LogP contribution is 2.43. The third-order valence-electron chi connectivity index (χ3n) is 2.49. The standard InChI is InChI=1S/C11H8F9NO.ClH/c12-8(13)10(16,17)22-6-3-1-2-5(4-6)7(21)9(14,15)11(18,19)20;/h1-4,7-8H,21H2;1H/t7-;/m0./s1. The number of halogens is 10. The molecule has 0 amide bonds. The third kappa shape index (κ3) is 4.80. The van der Waals surface area contributed by atoms with E-state index in [1.165, 1.54) is 0 Å². The van der Waals surface area contributed by atoms with Gasteiger partial charge in [-0.3, -0.25) is 0 Å². The van der Waals surface area contributed by atoms with E-state index in [2.05, 4.69) is 4.74 Å². The van der Waals surface area contributed by atoms with Crippen LogP contribution in [-0.2, 0) is 0 Å². The van der Waals surface area contributed by atoms with Crippen molar-refractivity contribution in [1.29, 1.82) is 0 Å². The maximum absolute atomic E-state index is 13.0. The molecule has 1 atom stereocenters. The van der Waals surface area contributed by atoms with Crippen LogP contribution >= 0.6 is 12.4 Å². The van der Waals surface area contributed by atoms with Gasteiger partial charge >= 0.3 is 24.6 Å². The molecule has 0 bridgehead atoms. The van der Waals surface area contributed by atoms with Crippen molar-refractivity contribution in [3.8, 4) is 5.75 Å². The Kier molecular flexibility index (Phi) is 6.62. The number of nitrogens with two attached hydrogens (primary N) is 1. The van der Waals surface area contributed by atoms with Gasteiger partial charge in [0.1, 0.15) is 11.8 Å². The van der Waals surface area contributed by atoms with E-state index in [0.29, 0.717) is 18.2 Å². The molecule has 1 rings (SSSR count). The fraction of sp³-hybridized carbons (Fsp3) is 0.455. The van der Waals surface area contributed by atoms with Crippen molar-refractivity contribution >= 4 is 12.4 Å². The summed E-state index contributed by atoms with van der Waals surface area (Å²) >= 11 is 0. The summed E-state index contributed by atoms with van der Waals surface area (Å²) in [5.41, 5.74) is 3.88. The van der Waals surface area contributed by atoms with Crippen LogP contribution < -0.4 is 10.5 Å². The minimum absolute atomic E-state index is 0. The predicted octanol–water partition coefficient (Wildman–Crippen LogP) is 4.54. The molecule has 0 spiro atoms. The summed E-state index contributed by atoms with van der Waals surface area (Å²) in [5, 5.41) is 0. The Morgan fingerprint density at radius 2 is 1.48 bits per heavy atom. The summed E-state index contributed by atoms with van der Waals surface area (Å²) in [6.07, 6.45) is -15.1. The van der Waals surface area contributed by atoms with E-state index in [4.69, 9.17) is 5.73 Å². The molecule has 1 aromatic carbocycles. The van der Waals surface area contributed by atoms with Crippen LogP contribution in [0.2, 0.25) is 0 Å². The van der Waals surface area contributed by atoms with Crippen LogP contribution in [-0.4, -0.2) is 24.6 Å². The van der Waals surface area contributed by atoms with Gasteiger partial charge in [-0.1, -0.05) is 12.1 Å². The van der Waals surface area contributed by atoms with E-state index in [1.807, 2.05) is 0 Å². The summed E-state index contributed by atoms with van der Waals surface area (Å²) in [7, 11) is 0. The SMILES string of the molecule is Cl.N[C@@H](c1cccc(OC(F)(F)C(F)F)c1)C(F)(F)C(F)(F)F. The lowest BCUT2D eigenvalue weighted by atomic mass is 10.0. The maximum atomic E-state index is 13.0. The zero-order valence-electron chi connectivity index (χ0n) is 10.8. The molecule has 2 N–H and O–H groups in total. The molecule has 134 valence electrons. The second-order valence-electron chi connectivity index (χ2n) is 4.14. The van der Waals surface area contributed by atoms with Gasteiger partial charge in [0.25, 0.3) is 0 Å². The zero-order chi connectivity index (χ0) is 17.3. The van der Waals surface area contributed by atoms with Crippen LogP contribution in [0.1, 0.15) is 11.6 Å². The van der Waals surface area contributed by atoms with Gasteiger partial charge in [-0.25, -0.2) is 0 Å². The first-order chi connectivity index (χ1) is 9.79. The predicted molar refractivity (Wildman–Crippen MR) is 63.2 cm³/mol. The Hall–Kier alpha value is -1.36. The number of alkyl halides is 9. The average Bonchev–Trinajstić information content (AvgIpc) is 2.36. The van der Waals surface area contributed by atoms with Crippen molar-refractivity contribution in [3.63, 3.8) is 0 Å². The average molecular weight is 378 g/mol. The van der Waals surface area contributed by atoms with Crippen LogP contribution in [0.5, 0.6) is 5.75 Å². The summed E-state index contributed by atoms with van der Waals surface area (Å²) < 4.78 is 115. The van der Waals surface area contributed by atoms with Crippen molar-refractivity contribution in [2.45, 2.75) is 30.7 Å². The van der Waals surface area contributed by atoms with E-state index in [-0.39, 0.29) is 12.4 Å². The summed E-state index contributed by atoms with van der Waals surface area (Å²) in [5.74, 6) is -6.38. The molecule has 0 aromatic heterocycles. The van der Waals surface area contributed by atoms with Gasteiger partial charge in [-0.15, -0.1) is 12.4 Å². The normalized spacial score (nSPS) is 14.4. The van der Waals surface area contributed by atoms with Crippen molar-refractivity contribution in [3.05, 3.63) is 29.8 Å². The molecule has 0 fully saturated rings. The first-order valence-electron chi connectivity index (χ1n) is 5.44. The highest BCUT2D eigenvalue weighted by Gasteiger charge is 2.61. The first kappa shape index (κ1) is 21.6. The second-order valence-corrected chi connectivity index (χ2v) is 4.14. The molecular weight excluding hydrogens is 369 g/mol. The van der Waals surface area contributed by atoms with Gasteiger partial charge in [0.05, 0.1) is 0 Å². The summed E-state index contributed by atoms with van der Waals surface area (Å²) in [6, 6.07) is -0.481. The summed E-state index contributed by atoms with van der Waals surface area (Å²) in [6.45, 7) is 0. The Bertz CT molecular complexity index is 520. The molecule has 0 unspecified atom stereocenters. The van der Waals surface area contributed by atoms with Crippen LogP contribution in [0, 0.1) is 0 Å². The van der Waals surface area contributed by atoms with Gasteiger partial charge in [0.15, 0.2) is 0 Å². The molecule has 12 heteroatoms. The van der Waals surface area contributed by atoms with Gasteiger partial charge in [-0.05, 0) is 17.7 Å². The van der Waals surface area contributed by atoms with Crippen LogP contribution in [0.4, 0.5) is 39.5 Å². The fourth-order valence-electron chi connectivity index (χ4n) is 1.36. The largest absolute Gasteiger partial charge is 0.461 e. The highest BCUT2D eigenvalue weighted by atomic mass is 35.5. The second kappa shape index (κ2) is 7.04. The number of hydrogen-bond donors (Lipinski definition) is 1. The van der Waals surface area contributed by atoms with Crippen LogP contribution in [0.25, 0.3) is 0 Å². The zero-order valence-corrected chi connectivity index (χ0v) is 11.6. The third-order valence-corrected chi connectivity index (χ3v) is 2.49. The molecule has 0 aliphatic carbocycles. The Morgan fingerprint density at radius 1 is 0.957 bits per heavy atom. The topological polar surface area (TPSA) is 35.2 Å². The van der Waals surface area contributed by atoms with Crippen LogP contribution in [0.3, 0.4) is 0 Å². The lowest BCUT2D eigenvalue weighted by Crippen LogP contribution is -2.45. The molecule has 0 saturated heterocycles. The lowest BCUT2D eigenvalue weighted by molar-refractivity contribution is -0.291. The van der Waals surface area contributed by atoms with Crippen molar-refractivity contribution in [1.82, 2.24) is 0 Å². The van der Waals surface area contributed by atoms with E-state index >= 15 is 0 Å². The minimum Gasteiger partial charge on any atom is -0.428 e. The molecule has 0 saturated carbocycles. The maximum Gasteiger partial charge on any atom is 0.461 e. The molecule has 0 aliphatic heterocycles. The molecule has 0 heterocycles. The van der Waals surface area contributed by atoms with Crippen molar-refractivity contribution in [2.75, 3.05) is 0 Å². The number of ether oxygens (including phenoxy) is 1. The minimum atomic E-state index is -5.98. The van der Waals surface area contributed by atoms with Gasteiger partial charge in [-0.2, -0.15) is 39.5 Å². The number of benzene rings is 1. The highest BCUT2D eigenvalue weighted by molar-refractivity contribution is 5.85. The molecule has 23 heavy (non-hydrogen) atoms. The number of hydrogen-bond acceptors (Lipinski definition) is 2. The van der Waals surface area contributed by atoms with E-state index in [9.17, 15) is 39.5 Å². The Balaban J connectivity index is 0.00000484. The monoisotopic (exact) mass is 377 g/mol. The van der Waals surface area contributed by atoms with Crippen LogP contribution in [0.15, 0.2) is 24.3 Å². The molecule has 0 radical (unpaired) electrons. The Morgan fingerprint density at radius 3 is 1.91 bits per heavy atom. The van der Waals surface area contributed by atoms with Gasteiger partial charge < -0.3 is 10.5 Å². The molecular formula is C11H9ClF9NO. The van der Waals surface area contributed by atoms with Crippen molar-refractivity contribution in [2.24, 2.45) is 5.73 Å². The lowest BCUT2D eigenvalue weighted by Gasteiger charge is -2.26. The molecule has 1 aromatic rings. The smallest absolute Gasteiger partial charge is 0.428 e. The number of rotatable bonds is 5. The van der Waals surface area contributed by atoms with E-state index < -0.39 is 42.0 Å². The summed E-state index contributed by atoms with van der Waals surface area (Å²) in [4.78, 5) is 0. The quantitative estimate of drug-likeness (QED) is 0.765.